The predicted molar refractivity (Wildman–Crippen MR) is 333 cm³/mol. The molecule has 3 aliphatic rings. The zero-order valence-electron chi connectivity index (χ0n) is 43.7. The van der Waals surface area contributed by atoms with Gasteiger partial charge in [-0.1, -0.05) is 261 Å². The minimum absolute atomic E-state index is 0.436. The molecule has 0 atom stereocenters. The van der Waals surface area contributed by atoms with Crippen molar-refractivity contribution in [2.75, 3.05) is 0 Å². The lowest BCUT2D eigenvalue weighted by atomic mass is 9.69. The highest BCUT2D eigenvalue weighted by atomic mass is 16.3. The average Bonchev–Trinajstić information content (AvgIpc) is 2.46. The van der Waals surface area contributed by atoms with Gasteiger partial charge in [0.25, 0.3) is 0 Å². The highest BCUT2D eigenvalue weighted by molar-refractivity contribution is 6.25. The summed E-state index contributed by atoms with van der Waals surface area (Å²) in [4.78, 5) is 0. The number of hydrogen-bond acceptors (Lipinski definition) is 3. The fraction of sp³-hybridized carbons (Fsp3) is 0.0256. The monoisotopic (exact) mass is 1030 g/mol. The predicted octanol–water partition coefficient (Wildman–Crippen LogP) is 20.1. The van der Waals surface area contributed by atoms with Gasteiger partial charge in [0.05, 0.1) is 5.41 Å². The first-order valence-electron chi connectivity index (χ1n) is 28.0. The zero-order chi connectivity index (χ0) is 53.1. The molecule has 376 valence electrons. The maximum Gasteiger partial charge on any atom is 0.143 e. The summed E-state index contributed by atoms with van der Waals surface area (Å²) in [5.74, 6) is 0. The first-order valence-corrected chi connectivity index (χ1v) is 28.0. The van der Waals surface area contributed by atoms with Gasteiger partial charge in [0.15, 0.2) is 0 Å². The SMILES string of the molecule is OC1(c2c(-c3cccc4c3oc3ccccc34)c3ccccc3c3ccccc23)c2ccccc2-c2ccccc21.c1ccc2c(c1)-c1ccccc1C21c2ccc3c(oc4ccccc43)c2-c2c1c1ccccc1c1ccccc21. The Morgan fingerprint density at radius 1 is 0.222 bits per heavy atom. The number of hydrogen-bond donors (Lipinski definition) is 1. The van der Waals surface area contributed by atoms with Crippen molar-refractivity contribution in [2.24, 2.45) is 0 Å². The third-order valence-electron chi connectivity index (χ3n) is 18.4. The van der Waals surface area contributed by atoms with Crippen molar-refractivity contribution in [2.45, 2.75) is 11.0 Å². The van der Waals surface area contributed by atoms with Gasteiger partial charge in [-0.15, -0.1) is 0 Å². The fourth-order valence-corrected chi connectivity index (χ4v) is 15.3. The molecule has 2 heterocycles. The molecule has 1 spiro atoms. The first kappa shape index (κ1) is 44.6. The highest BCUT2D eigenvalue weighted by Crippen LogP contribution is 2.67. The molecule has 3 nitrogen and oxygen atoms in total. The molecule has 1 N–H and O–H groups in total. The van der Waals surface area contributed by atoms with E-state index in [0.29, 0.717) is 0 Å². The summed E-state index contributed by atoms with van der Waals surface area (Å²) in [5, 5.41) is 27.4. The van der Waals surface area contributed by atoms with Gasteiger partial charge in [-0.3, -0.25) is 0 Å². The smallest absolute Gasteiger partial charge is 0.143 e. The molecule has 0 radical (unpaired) electrons. The van der Waals surface area contributed by atoms with E-state index >= 15 is 0 Å². The summed E-state index contributed by atoms with van der Waals surface area (Å²) in [6.45, 7) is 0. The molecule has 19 rings (SSSR count). The Balaban J connectivity index is 0.000000125. The molecule has 0 amide bonds. The molecule has 3 heteroatoms. The van der Waals surface area contributed by atoms with E-state index in [1.807, 2.05) is 24.3 Å². The quantitative estimate of drug-likeness (QED) is 0.176. The molecule has 0 saturated carbocycles. The molecule has 3 aliphatic carbocycles. The first-order chi connectivity index (χ1) is 40.1. The van der Waals surface area contributed by atoms with Crippen molar-refractivity contribution in [1.82, 2.24) is 0 Å². The lowest BCUT2D eigenvalue weighted by molar-refractivity contribution is 0.133. The molecular weight excluding hydrogens is 985 g/mol. The van der Waals surface area contributed by atoms with E-state index in [9.17, 15) is 5.11 Å². The number of fused-ring (bicyclic) bond motifs is 28. The molecule has 2 aromatic heterocycles. The van der Waals surface area contributed by atoms with E-state index < -0.39 is 11.0 Å². The Morgan fingerprint density at radius 3 is 1.12 bits per heavy atom. The van der Waals surface area contributed by atoms with Crippen LogP contribution in [0.5, 0.6) is 0 Å². The Hall–Kier alpha value is -10.3. The number of aliphatic hydroxyl groups is 1. The van der Waals surface area contributed by atoms with E-state index in [2.05, 4.69) is 249 Å². The van der Waals surface area contributed by atoms with E-state index in [1.54, 1.807) is 0 Å². The van der Waals surface area contributed by atoms with Crippen LogP contribution in [0.25, 0.3) is 131 Å². The van der Waals surface area contributed by atoms with E-state index in [0.717, 1.165) is 93.6 Å². The summed E-state index contributed by atoms with van der Waals surface area (Å²) < 4.78 is 13.4. The topological polar surface area (TPSA) is 46.5 Å². The third-order valence-corrected chi connectivity index (χ3v) is 18.4. The van der Waals surface area contributed by atoms with Crippen molar-refractivity contribution >= 4 is 87.0 Å². The third kappa shape index (κ3) is 5.70. The Labute approximate surface area is 465 Å². The summed E-state index contributed by atoms with van der Waals surface area (Å²) in [6.07, 6.45) is 0. The number of para-hydroxylation sites is 3. The molecule has 16 aromatic rings. The van der Waals surface area contributed by atoms with Gasteiger partial charge in [-0.05, 0) is 105 Å². The van der Waals surface area contributed by atoms with Crippen LogP contribution in [0, 0.1) is 0 Å². The van der Waals surface area contributed by atoms with Crippen LogP contribution in [0.4, 0.5) is 0 Å². The van der Waals surface area contributed by atoms with Gasteiger partial charge in [-0.25, -0.2) is 0 Å². The largest absolute Gasteiger partial charge is 0.455 e. The number of rotatable bonds is 2. The second kappa shape index (κ2) is 16.4. The molecular formula is C78H46O3. The van der Waals surface area contributed by atoms with Crippen LogP contribution in [-0.4, -0.2) is 5.11 Å². The second-order valence-corrected chi connectivity index (χ2v) is 22.1. The van der Waals surface area contributed by atoms with Crippen molar-refractivity contribution in [3.8, 4) is 44.5 Å². The van der Waals surface area contributed by atoms with Crippen molar-refractivity contribution in [3.63, 3.8) is 0 Å². The summed E-state index contributed by atoms with van der Waals surface area (Å²) in [6, 6.07) is 97.2. The van der Waals surface area contributed by atoms with Crippen LogP contribution in [-0.2, 0) is 11.0 Å². The minimum atomic E-state index is -1.37. The van der Waals surface area contributed by atoms with Crippen LogP contribution in [0.1, 0.15) is 38.9 Å². The van der Waals surface area contributed by atoms with Gasteiger partial charge in [0.2, 0.25) is 0 Å². The van der Waals surface area contributed by atoms with Gasteiger partial charge < -0.3 is 13.9 Å². The number of benzene rings is 14. The molecule has 81 heavy (non-hydrogen) atoms. The summed E-state index contributed by atoms with van der Waals surface area (Å²) in [5.41, 5.74) is 19.2. The molecule has 0 fully saturated rings. The Kier molecular flexibility index (Phi) is 9.02. The Bertz CT molecular complexity index is 5310. The molecule has 0 saturated heterocycles. The molecule has 14 aromatic carbocycles. The van der Waals surface area contributed by atoms with Crippen molar-refractivity contribution < 1.29 is 13.9 Å². The lowest BCUT2D eigenvalue weighted by Gasteiger charge is -2.31. The van der Waals surface area contributed by atoms with E-state index in [1.165, 1.54) is 76.8 Å². The normalized spacial score (nSPS) is 13.9. The van der Waals surface area contributed by atoms with Crippen LogP contribution in [0.3, 0.4) is 0 Å². The fourth-order valence-electron chi connectivity index (χ4n) is 15.3. The second-order valence-electron chi connectivity index (χ2n) is 22.1. The van der Waals surface area contributed by atoms with Crippen LogP contribution in [0.15, 0.2) is 282 Å². The summed E-state index contributed by atoms with van der Waals surface area (Å²) in [7, 11) is 0. The van der Waals surface area contributed by atoms with Gasteiger partial charge in [0.1, 0.15) is 27.9 Å². The van der Waals surface area contributed by atoms with Gasteiger partial charge in [-0.2, -0.15) is 0 Å². The molecule has 0 aliphatic heterocycles. The van der Waals surface area contributed by atoms with Crippen LogP contribution >= 0.6 is 0 Å². The van der Waals surface area contributed by atoms with Gasteiger partial charge in [0, 0.05) is 54.9 Å². The maximum absolute atomic E-state index is 13.3. The molecule has 0 bridgehead atoms. The van der Waals surface area contributed by atoms with E-state index in [4.69, 9.17) is 8.83 Å². The highest BCUT2D eigenvalue weighted by Gasteiger charge is 2.54. The lowest BCUT2D eigenvalue weighted by Crippen LogP contribution is -2.27. The van der Waals surface area contributed by atoms with Crippen LogP contribution < -0.4 is 0 Å². The van der Waals surface area contributed by atoms with Crippen molar-refractivity contribution in [3.05, 3.63) is 312 Å². The standard InChI is InChI=1S/C39H24O2.C39H22O/c40-39(33-21-8-5-14-26(33)27-15-6-9-22-34(27)39)37-30-18-4-2-13-25(30)24-12-1-3-17-29(24)36(37)32-20-11-19-31-28-16-7-10-23-35(28)41-38(31)32;1-3-16-28-23(11-1)24-12-2-4-17-29(24)37-35(28)36-33(22-21-30-27-15-7-10-20-34(27)40-38(30)36)39(37)31-18-8-5-13-25(31)26-14-6-9-19-32(26)39/h1-23,40H;1-22H. The minimum Gasteiger partial charge on any atom is -0.455 e. The van der Waals surface area contributed by atoms with Gasteiger partial charge >= 0.3 is 0 Å². The zero-order valence-corrected chi connectivity index (χ0v) is 43.7. The van der Waals surface area contributed by atoms with Crippen molar-refractivity contribution in [1.29, 1.82) is 0 Å². The Morgan fingerprint density at radius 2 is 0.580 bits per heavy atom. The average molecular weight is 1030 g/mol. The summed E-state index contributed by atoms with van der Waals surface area (Å²) >= 11 is 0. The number of furan rings is 2. The van der Waals surface area contributed by atoms with E-state index in [-0.39, 0.29) is 0 Å². The molecule has 0 unspecified atom stereocenters. The maximum atomic E-state index is 13.3. The van der Waals surface area contributed by atoms with Crippen LogP contribution in [0.2, 0.25) is 0 Å².